The Morgan fingerprint density at radius 3 is 2.40 bits per heavy atom. The van der Waals surface area contributed by atoms with Gasteiger partial charge >= 0.3 is 0 Å². The van der Waals surface area contributed by atoms with Gasteiger partial charge in [0.1, 0.15) is 11.6 Å². The summed E-state index contributed by atoms with van der Waals surface area (Å²) in [7, 11) is 0. The van der Waals surface area contributed by atoms with Crippen LogP contribution >= 0.6 is 23.2 Å². The molecule has 0 saturated heterocycles. The van der Waals surface area contributed by atoms with Gasteiger partial charge in [0.05, 0.1) is 11.1 Å². The second kappa shape index (κ2) is 6.50. The Morgan fingerprint density at radius 1 is 1.05 bits per heavy atom. The Kier molecular flexibility index (Phi) is 4.94. The third-order valence-corrected chi connectivity index (χ3v) is 3.66. The summed E-state index contributed by atoms with van der Waals surface area (Å²) < 4.78 is 26.9. The number of halogens is 4. The molecule has 0 aliphatic heterocycles. The molecule has 20 heavy (non-hydrogen) atoms. The van der Waals surface area contributed by atoms with E-state index in [9.17, 15) is 8.78 Å². The van der Waals surface area contributed by atoms with Crippen LogP contribution in [0.15, 0.2) is 36.4 Å². The minimum atomic E-state index is -0.518. The molecule has 0 heterocycles. The van der Waals surface area contributed by atoms with E-state index in [1.807, 2.05) is 0 Å². The van der Waals surface area contributed by atoms with Crippen LogP contribution in [0.25, 0.3) is 0 Å². The summed E-state index contributed by atoms with van der Waals surface area (Å²) in [6.07, 6.45) is 0.226. The van der Waals surface area contributed by atoms with Crippen LogP contribution in [-0.4, -0.2) is 0 Å². The topological polar surface area (TPSA) is 38.0 Å². The zero-order chi connectivity index (χ0) is 14.7. The van der Waals surface area contributed by atoms with Crippen molar-refractivity contribution in [3.8, 4) is 0 Å². The number of nitrogens with one attached hydrogen (secondary N) is 1. The molecule has 2 rings (SSSR count). The summed E-state index contributed by atoms with van der Waals surface area (Å²) in [4.78, 5) is 0. The van der Waals surface area contributed by atoms with Crippen LogP contribution in [-0.2, 0) is 6.42 Å². The lowest BCUT2D eigenvalue weighted by molar-refractivity contribution is 0.528. The van der Waals surface area contributed by atoms with E-state index < -0.39 is 17.7 Å². The molecule has 0 bridgehead atoms. The maximum Gasteiger partial charge on any atom is 0.141 e. The first-order chi connectivity index (χ1) is 9.52. The van der Waals surface area contributed by atoms with Gasteiger partial charge in [0.25, 0.3) is 0 Å². The van der Waals surface area contributed by atoms with E-state index in [-0.39, 0.29) is 11.4 Å². The summed E-state index contributed by atoms with van der Waals surface area (Å²) in [5.41, 5.74) is 3.56. The molecule has 106 valence electrons. The number of hydrazine groups is 1. The molecule has 6 heteroatoms. The van der Waals surface area contributed by atoms with Gasteiger partial charge in [-0.3, -0.25) is 11.3 Å². The van der Waals surface area contributed by atoms with Gasteiger partial charge in [-0.15, -0.1) is 0 Å². The molecule has 0 aliphatic rings. The van der Waals surface area contributed by atoms with Crippen molar-refractivity contribution in [1.82, 2.24) is 5.43 Å². The molecule has 0 saturated carbocycles. The van der Waals surface area contributed by atoms with Crippen LogP contribution in [0.3, 0.4) is 0 Å². The van der Waals surface area contributed by atoms with Crippen molar-refractivity contribution in [3.63, 3.8) is 0 Å². The largest absolute Gasteiger partial charge is 0.271 e. The van der Waals surface area contributed by atoms with Gasteiger partial charge in [0.2, 0.25) is 0 Å². The lowest BCUT2D eigenvalue weighted by Gasteiger charge is -2.18. The molecule has 0 amide bonds. The van der Waals surface area contributed by atoms with E-state index in [2.05, 4.69) is 5.43 Å². The molecular weight excluding hydrogens is 305 g/mol. The number of hydrogen-bond acceptors (Lipinski definition) is 2. The highest BCUT2D eigenvalue weighted by Crippen LogP contribution is 2.27. The van der Waals surface area contributed by atoms with Crippen molar-refractivity contribution in [2.24, 2.45) is 5.84 Å². The lowest BCUT2D eigenvalue weighted by Crippen LogP contribution is -2.30. The van der Waals surface area contributed by atoms with E-state index >= 15 is 0 Å². The fourth-order valence-electron chi connectivity index (χ4n) is 1.93. The minimum Gasteiger partial charge on any atom is -0.271 e. The fraction of sp³-hybridized carbons (Fsp3) is 0.143. The van der Waals surface area contributed by atoms with Gasteiger partial charge in [-0.1, -0.05) is 35.3 Å². The second-order valence-corrected chi connectivity index (χ2v) is 5.11. The Hall–Kier alpha value is -1.20. The van der Waals surface area contributed by atoms with Gasteiger partial charge in [-0.05, 0) is 36.2 Å². The number of hydrogen-bond donors (Lipinski definition) is 2. The van der Waals surface area contributed by atoms with Crippen LogP contribution in [0.2, 0.25) is 10.0 Å². The highest BCUT2D eigenvalue weighted by Gasteiger charge is 2.16. The van der Waals surface area contributed by atoms with Crippen molar-refractivity contribution in [3.05, 3.63) is 69.2 Å². The van der Waals surface area contributed by atoms with E-state index in [1.165, 1.54) is 24.3 Å². The van der Waals surface area contributed by atoms with Crippen LogP contribution in [0, 0.1) is 11.6 Å². The SMILES string of the molecule is NNC(Cc1c(F)cccc1Cl)c1ccc(F)c(Cl)c1. The predicted octanol–water partition coefficient (Wildman–Crippen LogP) is 4.02. The summed E-state index contributed by atoms with van der Waals surface area (Å²) in [6, 6.07) is 8.27. The number of benzene rings is 2. The van der Waals surface area contributed by atoms with Crippen molar-refractivity contribution in [1.29, 1.82) is 0 Å². The Balaban J connectivity index is 2.31. The normalized spacial score (nSPS) is 12.4. The first-order valence-corrected chi connectivity index (χ1v) is 6.62. The predicted molar refractivity (Wildman–Crippen MR) is 76.6 cm³/mol. The summed E-state index contributed by atoms with van der Waals surface area (Å²) in [5.74, 6) is 4.56. The zero-order valence-corrected chi connectivity index (χ0v) is 11.8. The molecule has 3 N–H and O–H groups in total. The molecule has 1 atom stereocenters. The molecule has 0 radical (unpaired) electrons. The van der Waals surface area contributed by atoms with Crippen LogP contribution in [0.5, 0.6) is 0 Å². The quantitative estimate of drug-likeness (QED) is 0.660. The number of rotatable bonds is 4. The van der Waals surface area contributed by atoms with Crippen LogP contribution < -0.4 is 11.3 Å². The van der Waals surface area contributed by atoms with Gasteiger partial charge in [-0.2, -0.15) is 0 Å². The summed E-state index contributed by atoms with van der Waals surface area (Å²) in [6.45, 7) is 0. The highest BCUT2D eigenvalue weighted by molar-refractivity contribution is 6.31. The standard InChI is InChI=1S/C14H12Cl2F2N2/c15-10-2-1-3-12(17)9(10)7-14(20-19)8-4-5-13(18)11(16)6-8/h1-6,14,20H,7,19H2. The molecule has 0 spiro atoms. The molecule has 0 aromatic heterocycles. The third kappa shape index (κ3) is 3.27. The molecule has 0 aliphatic carbocycles. The fourth-order valence-corrected chi connectivity index (χ4v) is 2.36. The van der Waals surface area contributed by atoms with Crippen molar-refractivity contribution in [2.75, 3.05) is 0 Å². The maximum absolute atomic E-state index is 13.8. The van der Waals surface area contributed by atoms with E-state index in [0.717, 1.165) is 0 Å². The molecular formula is C14H12Cl2F2N2. The smallest absolute Gasteiger partial charge is 0.141 e. The monoisotopic (exact) mass is 316 g/mol. The van der Waals surface area contributed by atoms with Crippen molar-refractivity contribution in [2.45, 2.75) is 12.5 Å². The Labute approximate surface area is 125 Å². The first-order valence-electron chi connectivity index (χ1n) is 5.87. The van der Waals surface area contributed by atoms with E-state index in [0.29, 0.717) is 16.1 Å². The second-order valence-electron chi connectivity index (χ2n) is 4.30. The van der Waals surface area contributed by atoms with E-state index in [1.54, 1.807) is 12.1 Å². The maximum atomic E-state index is 13.8. The van der Waals surface area contributed by atoms with Gasteiger partial charge in [-0.25, -0.2) is 8.78 Å². The molecule has 2 nitrogen and oxygen atoms in total. The molecule has 1 unspecified atom stereocenters. The minimum absolute atomic E-state index is 0.0117. The highest BCUT2D eigenvalue weighted by atomic mass is 35.5. The Bertz CT molecular complexity index is 600. The van der Waals surface area contributed by atoms with Gasteiger partial charge in [0.15, 0.2) is 0 Å². The van der Waals surface area contributed by atoms with Crippen LogP contribution in [0.4, 0.5) is 8.78 Å². The lowest BCUT2D eigenvalue weighted by atomic mass is 9.99. The average molecular weight is 317 g/mol. The summed E-state index contributed by atoms with van der Waals surface area (Å²) in [5, 5.41) is 0.306. The average Bonchev–Trinajstić information content (AvgIpc) is 2.42. The molecule has 2 aromatic carbocycles. The van der Waals surface area contributed by atoms with Crippen molar-refractivity contribution < 1.29 is 8.78 Å². The Morgan fingerprint density at radius 2 is 1.80 bits per heavy atom. The van der Waals surface area contributed by atoms with Crippen molar-refractivity contribution >= 4 is 23.2 Å². The van der Waals surface area contributed by atoms with Crippen LogP contribution in [0.1, 0.15) is 17.2 Å². The third-order valence-electron chi connectivity index (χ3n) is 3.02. The van der Waals surface area contributed by atoms with E-state index in [4.69, 9.17) is 29.0 Å². The summed E-state index contributed by atoms with van der Waals surface area (Å²) >= 11 is 11.7. The van der Waals surface area contributed by atoms with Gasteiger partial charge in [0, 0.05) is 10.6 Å². The molecule has 0 fully saturated rings. The molecule has 2 aromatic rings. The number of nitrogens with two attached hydrogens (primary N) is 1. The zero-order valence-electron chi connectivity index (χ0n) is 10.3. The van der Waals surface area contributed by atoms with Gasteiger partial charge < -0.3 is 0 Å². The first kappa shape index (κ1) is 15.2.